The molecule has 2 amide bonds. The summed E-state index contributed by atoms with van der Waals surface area (Å²) in [5.41, 5.74) is -0.723. The molecule has 1 heterocycles. The zero-order valence-corrected chi connectivity index (χ0v) is 15.0. The van der Waals surface area contributed by atoms with Crippen molar-refractivity contribution in [2.24, 2.45) is 0 Å². The van der Waals surface area contributed by atoms with Crippen molar-refractivity contribution in [3.05, 3.63) is 54.4 Å². The van der Waals surface area contributed by atoms with Gasteiger partial charge in [0.15, 0.2) is 0 Å². The van der Waals surface area contributed by atoms with Crippen LogP contribution in [-0.4, -0.2) is 38.3 Å². The summed E-state index contributed by atoms with van der Waals surface area (Å²) in [6.45, 7) is -1.18. The Balaban J connectivity index is 1.87. The molecule has 1 aromatic heterocycles. The molecular weight excluding hydrogens is 401 g/mol. The number of amides is 2. The zero-order chi connectivity index (χ0) is 20.8. The number of hydrogen-bond donors (Lipinski definition) is 3. The van der Waals surface area contributed by atoms with Gasteiger partial charge in [-0.2, -0.15) is 13.2 Å². The minimum atomic E-state index is -4.70. The van der Waals surface area contributed by atoms with Gasteiger partial charge < -0.3 is 10.6 Å². The SMILES string of the molecule is O=C(CNS(=O)(=O)c1cccc(C(F)(F)F)c1)NCC(=O)Nc1cccnc1. The third-order valence-electron chi connectivity index (χ3n) is 3.29. The number of halogens is 3. The van der Waals surface area contributed by atoms with Gasteiger partial charge in [-0.25, -0.2) is 13.1 Å². The molecule has 2 rings (SSSR count). The second-order valence-corrected chi connectivity index (χ2v) is 7.18. The Bertz CT molecular complexity index is 950. The van der Waals surface area contributed by atoms with E-state index in [9.17, 15) is 31.2 Å². The van der Waals surface area contributed by atoms with Crippen LogP contribution in [0.4, 0.5) is 18.9 Å². The van der Waals surface area contributed by atoms with Crippen molar-refractivity contribution in [1.82, 2.24) is 15.0 Å². The van der Waals surface area contributed by atoms with Gasteiger partial charge in [-0.05, 0) is 30.3 Å². The molecule has 28 heavy (non-hydrogen) atoms. The zero-order valence-electron chi connectivity index (χ0n) is 14.2. The first kappa shape index (κ1) is 21.3. The molecule has 150 valence electrons. The highest BCUT2D eigenvalue weighted by atomic mass is 32.2. The quantitative estimate of drug-likeness (QED) is 0.626. The molecule has 8 nitrogen and oxygen atoms in total. The highest BCUT2D eigenvalue weighted by Crippen LogP contribution is 2.30. The van der Waals surface area contributed by atoms with E-state index < -0.39 is 51.6 Å². The first-order chi connectivity index (χ1) is 13.1. The van der Waals surface area contributed by atoms with Crippen LogP contribution in [0, 0.1) is 0 Å². The summed E-state index contributed by atoms with van der Waals surface area (Å²) in [6, 6.07) is 6.28. The lowest BCUT2D eigenvalue weighted by Crippen LogP contribution is -2.40. The number of nitrogens with zero attached hydrogens (tertiary/aromatic N) is 1. The number of sulfonamides is 1. The van der Waals surface area contributed by atoms with E-state index in [1.54, 1.807) is 12.1 Å². The molecule has 0 radical (unpaired) electrons. The Hall–Kier alpha value is -2.99. The molecule has 0 aliphatic heterocycles. The molecule has 2 aromatic rings. The minimum Gasteiger partial charge on any atom is -0.346 e. The lowest BCUT2D eigenvalue weighted by Gasteiger charge is -2.10. The number of pyridine rings is 1. The molecule has 0 bridgehead atoms. The fourth-order valence-corrected chi connectivity index (χ4v) is 2.99. The minimum absolute atomic E-state index is 0.409. The predicted octanol–water partition coefficient (Wildman–Crippen LogP) is 1.13. The van der Waals surface area contributed by atoms with Gasteiger partial charge in [0.2, 0.25) is 21.8 Å². The van der Waals surface area contributed by atoms with Crippen molar-refractivity contribution in [2.75, 3.05) is 18.4 Å². The van der Waals surface area contributed by atoms with Gasteiger partial charge in [-0.3, -0.25) is 14.6 Å². The number of alkyl halides is 3. The van der Waals surface area contributed by atoms with E-state index in [2.05, 4.69) is 15.6 Å². The normalized spacial score (nSPS) is 11.7. The maximum atomic E-state index is 12.7. The van der Waals surface area contributed by atoms with Gasteiger partial charge in [0.1, 0.15) is 0 Å². The summed E-state index contributed by atoms with van der Waals surface area (Å²) in [6.07, 6.45) is -1.80. The fourth-order valence-electron chi connectivity index (χ4n) is 1.97. The first-order valence-electron chi connectivity index (χ1n) is 7.71. The van der Waals surface area contributed by atoms with E-state index in [1.807, 2.05) is 4.72 Å². The van der Waals surface area contributed by atoms with E-state index >= 15 is 0 Å². The lowest BCUT2D eigenvalue weighted by atomic mass is 10.2. The predicted molar refractivity (Wildman–Crippen MR) is 92.5 cm³/mol. The van der Waals surface area contributed by atoms with E-state index in [-0.39, 0.29) is 0 Å². The smallest absolute Gasteiger partial charge is 0.346 e. The summed E-state index contributed by atoms with van der Waals surface area (Å²) in [7, 11) is -4.34. The maximum absolute atomic E-state index is 12.7. The van der Waals surface area contributed by atoms with E-state index in [0.717, 1.165) is 18.2 Å². The maximum Gasteiger partial charge on any atom is 0.416 e. The Kier molecular flexibility index (Phi) is 6.70. The van der Waals surface area contributed by atoms with Gasteiger partial charge in [-0.15, -0.1) is 0 Å². The van der Waals surface area contributed by atoms with Gasteiger partial charge in [0, 0.05) is 6.20 Å². The molecule has 0 saturated carbocycles. The second kappa shape index (κ2) is 8.80. The van der Waals surface area contributed by atoms with Crippen molar-refractivity contribution < 1.29 is 31.2 Å². The standard InChI is InChI=1S/C16H15F3N4O4S/c17-16(18,19)11-3-1-5-13(7-11)28(26,27)22-10-14(24)21-9-15(25)23-12-4-2-6-20-8-12/h1-8,22H,9-10H2,(H,21,24)(H,23,25). The summed E-state index contributed by atoms with van der Waals surface area (Å²) >= 11 is 0. The van der Waals surface area contributed by atoms with Crippen LogP contribution in [0.5, 0.6) is 0 Å². The molecule has 0 saturated heterocycles. The van der Waals surface area contributed by atoms with E-state index in [0.29, 0.717) is 11.8 Å². The number of hydrogen-bond acceptors (Lipinski definition) is 5. The molecule has 3 N–H and O–H groups in total. The van der Waals surface area contributed by atoms with Crippen molar-refractivity contribution in [3.63, 3.8) is 0 Å². The molecule has 0 unspecified atom stereocenters. The van der Waals surface area contributed by atoms with Gasteiger partial charge in [0.05, 0.1) is 35.4 Å². The Morgan fingerprint density at radius 3 is 2.43 bits per heavy atom. The Labute approximate surface area is 158 Å². The number of anilines is 1. The molecule has 12 heteroatoms. The number of rotatable bonds is 7. The van der Waals surface area contributed by atoms with Crippen LogP contribution >= 0.6 is 0 Å². The van der Waals surface area contributed by atoms with Crippen molar-refractivity contribution in [1.29, 1.82) is 0 Å². The van der Waals surface area contributed by atoms with Crippen LogP contribution in [0.2, 0.25) is 0 Å². The molecule has 0 spiro atoms. The van der Waals surface area contributed by atoms with Crippen LogP contribution in [-0.2, 0) is 25.8 Å². The molecule has 1 aromatic carbocycles. The molecular formula is C16H15F3N4O4S. The number of carbonyl (C=O) groups is 2. The van der Waals surface area contributed by atoms with Gasteiger partial charge >= 0.3 is 6.18 Å². The third-order valence-corrected chi connectivity index (χ3v) is 4.68. The highest BCUT2D eigenvalue weighted by Gasteiger charge is 2.31. The highest BCUT2D eigenvalue weighted by molar-refractivity contribution is 7.89. The average molecular weight is 416 g/mol. The van der Waals surface area contributed by atoms with E-state index in [4.69, 9.17) is 0 Å². The second-order valence-electron chi connectivity index (χ2n) is 5.42. The summed E-state index contributed by atoms with van der Waals surface area (Å²) in [5.74, 6) is -1.40. The van der Waals surface area contributed by atoms with E-state index in [1.165, 1.54) is 12.4 Å². The number of aromatic nitrogens is 1. The molecule has 0 fully saturated rings. The first-order valence-corrected chi connectivity index (χ1v) is 9.20. The van der Waals surface area contributed by atoms with Crippen molar-refractivity contribution in [3.8, 4) is 0 Å². The fraction of sp³-hybridized carbons (Fsp3) is 0.188. The number of nitrogens with one attached hydrogen (secondary N) is 3. The average Bonchev–Trinajstić information content (AvgIpc) is 2.65. The van der Waals surface area contributed by atoms with Crippen LogP contribution < -0.4 is 15.4 Å². The summed E-state index contributed by atoms with van der Waals surface area (Å²) < 4.78 is 64.0. The largest absolute Gasteiger partial charge is 0.416 e. The monoisotopic (exact) mass is 416 g/mol. The van der Waals surface area contributed by atoms with Crippen LogP contribution in [0.15, 0.2) is 53.7 Å². The molecule has 0 aliphatic rings. The van der Waals surface area contributed by atoms with Gasteiger partial charge in [0.25, 0.3) is 0 Å². The third kappa shape index (κ3) is 6.32. The van der Waals surface area contributed by atoms with Crippen molar-refractivity contribution >= 4 is 27.5 Å². The molecule has 0 atom stereocenters. The lowest BCUT2D eigenvalue weighted by molar-refractivity contribution is -0.137. The molecule has 0 aliphatic carbocycles. The summed E-state index contributed by atoms with van der Waals surface area (Å²) in [4.78, 5) is 26.5. The number of benzene rings is 1. The summed E-state index contributed by atoms with van der Waals surface area (Å²) in [5, 5.41) is 4.64. The van der Waals surface area contributed by atoms with Gasteiger partial charge in [-0.1, -0.05) is 6.07 Å². The topological polar surface area (TPSA) is 117 Å². The Morgan fingerprint density at radius 1 is 1.04 bits per heavy atom. The number of carbonyl (C=O) groups excluding carboxylic acids is 2. The Morgan fingerprint density at radius 2 is 1.79 bits per heavy atom. The van der Waals surface area contributed by atoms with Crippen LogP contribution in [0.25, 0.3) is 0 Å². The van der Waals surface area contributed by atoms with Crippen LogP contribution in [0.1, 0.15) is 5.56 Å². The van der Waals surface area contributed by atoms with Crippen LogP contribution in [0.3, 0.4) is 0 Å². The van der Waals surface area contributed by atoms with Crippen molar-refractivity contribution in [2.45, 2.75) is 11.1 Å².